The normalized spacial score (nSPS) is 38.0. The SMILES string of the molecule is C[C@@H]1CCCC(N)CC1. The number of hydrogen-bond donors (Lipinski definition) is 1. The molecule has 1 rings (SSSR count). The Morgan fingerprint density at radius 2 is 1.89 bits per heavy atom. The zero-order chi connectivity index (χ0) is 6.69. The fourth-order valence-corrected chi connectivity index (χ4v) is 1.52. The molecule has 54 valence electrons. The lowest BCUT2D eigenvalue weighted by molar-refractivity contribution is 0.499. The zero-order valence-corrected chi connectivity index (χ0v) is 6.27. The van der Waals surface area contributed by atoms with E-state index in [2.05, 4.69) is 6.92 Å². The minimum atomic E-state index is 0.509. The standard InChI is InChI=1S/C8H17N/c1-7-3-2-4-8(9)6-5-7/h7-8H,2-6,9H2,1H3/t7-,8?/m1/s1. The Kier molecular flexibility index (Phi) is 2.52. The fraction of sp³-hybridized carbons (Fsp3) is 1.00. The molecule has 0 aliphatic heterocycles. The minimum Gasteiger partial charge on any atom is -0.328 e. The van der Waals surface area contributed by atoms with Crippen molar-refractivity contribution in [1.29, 1.82) is 0 Å². The van der Waals surface area contributed by atoms with Crippen LogP contribution in [0.25, 0.3) is 0 Å². The third-order valence-corrected chi connectivity index (χ3v) is 2.30. The molecule has 1 nitrogen and oxygen atoms in total. The first-order valence-electron chi connectivity index (χ1n) is 4.04. The van der Waals surface area contributed by atoms with Crippen LogP contribution >= 0.6 is 0 Å². The van der Waals surface area contributed by atoms with E-state index in [9.17, 15) is 0 Å². The smallest absolute Gasteiger partial charge is 0.00389 e. The van der Waals surface area contributed by atoms with Gasteiger partial charge in [-0.25, -0.2) is 0 Å². The summed E-state index contributed by atoms with van der Waals surface area (Å²) in [6.07, 6.45) is 6.60. The van der Waals surface area contributed by atoms with Crippen LogP contribution in [0.4, 0.5) is 0 Å². The van der Waals surface area contributed by atoms with Crippen molar-refractivity contribution in [2.75, 3.05) is 0 Å². The maximum atomic E-state index is 5.80. The molecule has 0 amide bonds. The number of hydrogen-bond acceptors (Lipinski definition) is 1. The average Bonchev–Trinajstić information content (AvgIpc) is 1.97. The Morgan fingerprint density at radius 1 is 1.11 bits per heavy atom. The maximum Gasteiger partial charge on any atom is 0.00389 e. The summed E-state index contributed by atoms with van der Waals surface area (Å²) in [7, 11) is 0. The Labute approximate surface area is 57.6 Å². The molecule has 0 spiro atoms. The van der Waals surface area contributed by atoms with E-state index in [1.807, 2.05) is 0 Å². The summed E-state index contributed by atoms with van der Waals surface area (Å²) in [5.74, 6) is 0.929. The molecule has 0 bridgehead atoms. The van der Waals surface area contributed by atoms with E-state index < -0.39 is 0 Å². The van der Waals surface area contributed by atoms with Gasteiger partial charge in [0.1, 0.15) is 0 Å². The molecule has 1 saturated carbocycles. The van der Waals surface area contributed by atoms with Gasteiger partial charge in [-0.1, -0.05) is 19.8 Å². The van der Waals surface area contributed by atoms with Crippen LogP contribution in [0.1, 0.15) is 39.0 Å². The molecule has 1 heteroatoms. The summed E-state index contributed by atoms with van der Waals surface area (Å²) in [4.78, 5) is 0. The maximum absolute atomic E-state index is 5.80. The Hall–Kier alpha value is -0.0400. The molecular formula is C8H17N. The molecule has 1 fully saturated rings. The highest BCUT2D eigenvalue weighted by Gasteiger charge is 2.11. The molecule has 0 saturated heterocycles. The molecule has 2 N–H and O–H groups in total. The first kappa shape index (κ1) is 7.07. The molecule has 1 unspecified atom stereocenters. The van der Waals surface area contributed by atoms with Crippen molar-refractivity contribution in [3.05, 3.63) is 0 Å². The summed E-state index contributed by atoms with van der Waals surface area (Å²) < 4.78 is 0. The summed E-state index contributed by atoms with van der Waals surface area (Å²) >= 11 is 0. The van der Waals surface area contributed by atoms with E-state index in [0.717, 1.165) is 5.92 Å². The molecule has 0 aromatic carbocycles. The van der Waals surface area contributed by atoms with Crippen molar-refractivity contribution < 1.29 is 0 Å². The summed E-state index contributed by atoms with van der Waals surface area (Å²) in [6, 6.07) is 0.509. The molecule has 0 aromatic heterocycles. The third-order valence-electron chi connectivity index (χ3n) is 2.30. The van der Waals surface area contributed by atoms with Gasteiger partial charge in [0.25, 0.3) is 0 Å². The molecule has 0 aromatic rings. The van der Waals surface area contributed by atoms with E-state index in [4.69, 9.17) is 5.73 Å². The van der Waals surface area contributed by atoms with Crippen LogP contribution in [0.15, 0.2) is 0 Å². The van der Waals surface area contributed by atoms with Crippen molar-refractivity contribution in [3.8, 4) is 0 Å². The highest BCUT2D eigenvalue weighted by Crippen LogP contribution is 2.20. The van der Waals surface area contributed by atoms with Crippen LogP contribution in [-0.2, 0) is 0 Å². The van der Waals surface area contributed by atoms with Crippen LogP contribution in [-0.4, -0.2) is 6.04 Å². The van der Waals surface area contributed by atoms with E-state index >= 15 is 0 Å². The van der Waals surface area contributed by atoms with Crippen LogP contribution in [0.5, 0.6) is 0 Å². The van der Waals surface area contributed by atoms with E-state index in [1.54, 1.807) is 0 Å². The van der Waals surface area contributed by atoms with Crippen LogP contribution in [0.3, 0.4) is 0 Å². The predicted octanol–water partition coefficient (Wildman–Crippen LogP) is 1.91. The Bertz CT molecular complexity index is 70.6. The molecule has 1 aliphatic rings. The largest absolute Gasteiger partial charge is 0.328 e. The van der Waals surface area contributed by atoms with Crippen LogP contribution < -0.4 is 5.73 Å². The third kappa shape index (κ3) is 2.35. The lowest BCUT2D eigenvalue weighted by Gasteiger charge is -2.05. The topological polar surface area (TPSA) is 26.0 Å². The first-order chi connectivity index (χ1) is 4.29. The summed E-state index contributed by atoms with van der Waals surface area (Å²) in [5.41, 5.74) is 5.80. The van der Waals surface area contributed by atoms with Crippen molar-refractivity contribution in [2.45, 2.75) is 45.1 Å². The van der Waals surface area contributed by atoms with E-state index in [0.29, 0.717) is 6.04 Å². The minimum absolute atomic E-state index is 0.509. The van der Waals surface area contributed by atoms with Gasteiger partial charge in [-0.15, -0.1) is 0 Å². The lowest BCUT2D eigenvalue weighted by Crippen LogP contribution is -2.17. The molecule has 1 aliphatic carbocycles. The molecule has 2 atom stereocenters. The van der Waals surface area contributed by atoms with Gasteiger partial charge in [0.2, 0.25) is 0 Å². The van der Waals surface area contributed by atoms with Gasteiger partial charge < -0.3 is 5.73 Å². The lowest BCUT2D eigenvalue weighted by atomic mass is 10.0. The highest BCUT2D eigenvalue weighted by molar-refractivity contribution is 4.69. The second-order valence-corrected chi connectivity index (χ2v) is 3.37. The summed E-state index contributed by atoms with van der Waals surface area (Å²) in [6.45, 7) is 2.33. The predicted molar refractivity (Wildman–Crippen MR) is 40.2 cm³/mol. The van der Waals surface area contributed by atoms with Crippen molar-refractivity contribution in [1.82, 2.24) is 0 Å². The Balaban J connectivity index is 2.25. The summed E-state index contributed by atoms with van der Waals surface area (Å²) in [5, 5.41) is 0. The van der Waals surface area contributed by atoms with E-state index in [1.165, 1.54) is 32.1 Å². The van der Waals surface area contributed by atoms with Crippen LogP contribution in [0, 0.1) is 5.92 Å². The van der Waals surface area contributed by atoms with Gasteiger partial charge in [-0.3, -0.25) is 0 Å². The Morgan fingerprint density at radius 3 is 2.67 bits per heavy atom. The molecule has 0 radical (unpaired) electrons. The van der Waals surface area contributed by atoms with Crippen LogP contribution in [0.2, 0.25) is 0 Å². The highest BCUT2D eigenvalue weighted by atomic mass is 14.6. The van der Waals surface area contributed by atoms with Gasteiger partial charge in [0.05, 0.1) is 0 Å². The fourth-order valence-electron chi connectivity index (χ4n) is 1.52. The molecule has 0 heterocycles. The second kappa shape index (κ2) is 3.21. The van der Waals surface area contributed by atoms with Gasteiger partial charge in [0, 0.05) is 6.04 Å². The van der Waals surface area contributed by atoms with E-state index in [-0.39, 0.29) is 0 Å². The van der Waals surface area contributed by atoms with Crippen molar-refractivity contribution in [2.24, 2.45) is 11.7 Å². The van der Waals surface area contributed by atoms with Gasteiger partial charge >= 0.3 is 0 Å². The zero-order valence-electron chi connectivity index (χ0n) is 6.27. The molecular weight excluding hydrogens is 110 g/mol. The number of nitrogens with two attached hydrogens (primary N) is 1. The first-order valence-corrected chi connectivity index (χ1v) is 4.04. The number of rotatable bonds is 0. The average molecular weight is 127 g/mol. The quantitative estimate of drug-likeness (QED) is 0.494. The molecule has 9 heavy (non-hydrogen) atoms. The van der Waals surface area contributed by atoms with Crippen molar-refractivity contribution >= 4 is 0 Å². The van der Waals surface area contributed by atoms with Gasteiger partial charge in [0.15, 0.2) is 0 Å². The van der Waals surface area contributed by atoms with Crippen molar-refractivity contribution in [3.63, 3.8) is 0 Å². The van der Waals surface area contributed by atoms with Gasteiger partial charge in [-0.2, -0.15) is 0 Å². The monoisotopic (exact) mass is 127 g/mol. The van der Waals surface area contributed by atoms with Gasteiger partial charge in [-0.05, 0) is 25.2 Å². The second-order valence-electron chi connectivity index (χ2n) is 3.37.